The highest BCUT2D eigenvalue weighted by atomic mass is 19.4. The maximum Gasteiger partial charge on any atom is 0.417 e. The lowest BCUT2D eigenvalue weighted by Crippen LogP contribution is -2.62. The molecule has 1 saturated carbocycles. The highest BCUT2D eigenvalue weighted by molar-refractivity contribution is 5.89. The Balaban J connectivity index is 1.32. The summed E-state index contributed by atoms with van der Waals surface area (Å²) in [7, 11) is 0. The summed E-state index contributed by atoms with van der Waals surface area (Å²) in [5.74, 6) is 0.492. The Bertz CT molecular complexity index is 1360. The number of ether oxygens (including phenoxy) is 1. The molecule has 3 aliphatic rings. The van der Waals surface area contributed by atoms with E-state index in [4.69, 9.17) is 4.74 Å². The minimum absolute atomic E-state index is 0.00951. The number of rotatable bonds is 5. The molecule has 15 heteroatoms. The molecule has 210 valence electrons. The van der Waals surface area contributed by atoms with E-state index in [-0.39, 0.29) is 23.3 Å². The number of fused-ring (bicyclic) bond motifs is 1. The highest BCUT2D eigenvalue weighted by Crippen LogP contribution is 2.46. The van der Waals surface area contributed by atoms with E-state index in [9.17, 15) is 31.4 Å². The van der Waals surface area contributed by atoms with Gasteiger partial charge in [-0.25, -0.2) is 4.68 Å². The van der Waals surface area contributed by atoms with Gasteiger partial charge in [0.25, 0.3) is 0 Å². The Morgan fingerprint density at radius 2 is 1.74 bits per heavy atom. The minimum atomic E-state index is -4.75. The number of aromatic nitrogens is 4. The molecule has 0 spiro atoms. The Morgan fingerprint density at radius 1 is 1.03 bits per heavy atom. The molecule has 3 aromatic rings. The zero-order chi connectivity index (χ0) is 27.6. The van der Waals surface area contributed by atoms with Crippen LogP contribution < -0.4 is 10.2 Å². The Morgan fingerprint density at radius 3 is 2.41 bits per heavy atom. The van der Waals surface area contributed by atoms with Gasteiger partial charge in [0.2, 0.25) is 5.95 Å². The minimum Gasteiger partial charge on any atom is -0.380 e. The summed E-state index contributed by atoms with van der Waals surface area (Å²) < 4.78 is 86.1. The second-order valence-corrected chi connectivity index (χ2v) is 10.2. The number of nitrogens with one attached hydrogen (secondary N) is 1. The first-order valence-electron chi connectivity index (χ1n) is 12.5. The van der Waals surface area contributed by atoms with Crippen LogP contribution in [0.15, 0.2) is 30.5 Å². The molecule has 2 aromatic heterocycles. The van der Waals surface area contributed by atoms with Gasteiger partial charge in [-0.3, -0.25) is 4.90 Å². The van der Waals surface area contributed by atoms with Gasteiger partial charge in [0.1, 0.15) is 5.82 Å². The number of nitrogens with zero attached hydrogens (tertiary/aromatic N) is 6. The van der Waals surface area contributed by atoms with Crippen molar-refractivity contribution in [3.05, 3.63) is 36.0 Å². The summed E-state index contributed by atoms with van der Waals surface area (Å²) in [6, 6.07) is 4.17. The molecule has 2 aliphatic heterocycles. The fraction of sp³-hybridized carbons (Fsp3) is 0.542. The number of hydrogen-bond donors (Lipinski definition) is 2. The summed E-state index contributed by atoms with van der Waals surface area (Å²) in [4.78, 5) is 13.3. The van der Waals surface area contributed by atoms with Crippen LogP contribution in [0.4, 0.5) is 38.1 Å². The van der Waals surface area contributed by atoms with Gasteiger partial charge < -0.3 is 20.1 Å². The lowest BCUT2D eigenvalue weighted by atomic mass is 9.75. The molecule has 0 bridgehead atoms. The van der Waals surface area contributed by atoms with Crippen molar-refractivity contribution in [1.82, 2.24) is 24.6 Å². The van der Waals surface area contributed by atoms with E-state index < -0.39 is 42.4 Å². The van der Waals surface area contributed by atoms with Crippen LogP contribution in [0.25, 0.3) is 16.7 Å². The molecular weight excluding hydrogens is 532 g/mol. The molecule has 1 aromatic carbocycles. The summed E-state index contributed by atoms with van der Waals surface area (Å²) in [6.07, 6.45) is -8.97. The first kappa shape index (κ1) is 26.1. The number of aliphatic hydroxyl groups is 1. The van der Waals surface area contributed by atoms with E-state index in [1.165, 1.54) is 23.0 Å². The zero-order valence-corrected chi connectivity index (χ0v) is 20.5. The van der Waals surface area contributed by atoms with Crippen LogP contribution in [-0.2, 0) is 10.9 Å². The van der Waals surface area contributed by atoms with Gasteiger partial charge >= 0.3 is 12.4 Å². The Labute approximate surface area is 218 Å². The quantitative estimate of drug-likeness (QED) is 0.463. The van der Waals surface area contributed by atoms with Crippen molar-refractivity contribution in [2.45, 2.75) is 42.9 Å². The monoisotopic (exact) mass is 557 g/mol. The van der Waals surface area contributed by atoms with Crippen molar-refractivity contribution in [1.29, 1.82) is 0 Å². The van der Waals surface area contributed by atoms with Gasteiger partial charge in [-0.2, -0.15) is 41.4 Å². The maximum absolute atomic E-state index is 13.4. The first-order chi connectivity index (χ1) is 18.4. The van der Waals surface area contributed by atoms with Gasteiger partial charge in [0.15, 0.2) is 11.2 Å². The fourth-order valence-corrected chi connectivity index (χ4v) is 5.28. The molecular formula is C24H25F6N7O2. The van der Waals surface area contributed by atoms with Crippen LogP contribution in [0.5, 0.6) is 0 Å². The third-order valence-corrected chi connectivity index (χ3v) is 7.58. The fourth-order valence-electron chi connectivity index (χ4n) is 5.28. The molecule has 4 heterocycles. The number of benzene rings is 1. The van der Waals surface area contributed by atoms with Crippen molar-refractivity contribution in [2.75, 3.05) is 49.6 Å². The van der Waals surface area contributed by atoms with E-state index >= 15 is 0 Å². The zero-order valence-electron chi connectivity index (χ0n) is 20.5. The van der Waals surface area contributed by atoms with Gasteiger partial charge in [-0.1, -0.05) is 6.07 Å². The van der Waals surface area contributed by atoms with Gasteiger partial charge in [-0.05, 0) is 18.2 Å². The molecule has 0 amide bonds. The van der Waals surface area contributed by atoms with Crippen LogP contribution in [0.3, 0.4) is 0 Å². The van der Waals surface area contributed by atoms with Crippen molar-refractivity contribution in [3.63, 3.8) is 0 Å². The van der Waals surface area contributed by atoms with Crippen LogP contribution in [0, 0.1) is 0 Å². The Hall–Kier alpha value is -3.17. The van der Waals surface area contributed by atoms with Gasteiger partial charge in [0.05, 0.1) is 36.0 Å². The average molecular weight is 557 g/mol. The lowest BCUT2D eigenvalue weighted by molar-refractivity contribution is -0.288. The van der Waals surface area contributed by atoms with Crippen molar-refractivity contribution in [2.24, 2.45) is 0 Å². The molecule has 39 heavy (non-hydrogen) atoms. The van der Waals surface area contributed by atoms with E-state index in [1.54, 1.807) is 0 Å². The number of hydrogen-bond acceptors (Lipinski definition) is 8. The molecule has 1 aliphatic carbocycles. The Kier molecular flexibility index (Phi) is 6.15. The van der Waals surface area contributed by atoms with Crippen LogP contribution in [-0.4, -0.2) is 93.0 Å². The summed E-state index contributed by atoms with van der Waals surface area (Å²) in [6.45, 7) is 4.19. The lowest BCUT2D eigenvalue weighted by Gasteiger charge is -2.47. The number of alkyl halides is 6. The van der Waals surface area contributed by atoms with Crippen LogP contribution in [0.2, 0.25) is 0 Å². The normalized spacial score (nSPS) is 25.0. The molecule has 3 fully saturated rings. The molecule has 9 nitrogen and oxygen atoms in total. The number of morpholine rings is 1. The number of anilines is 2. The van der Waals surface area contributed by atoms with Crippen molar-refractivity contribution in [3.8, 4) is 5.69 Å². The topological polar surface area (TPSA) is 91.6 Å². The first-order valence-corrected chi connectivity index (χ1v) is 12.5. The summed E-state index contributed by atoms with van der Waals surface area (Å²) in [5.41, 5.74) is -3.30. The summed E-state index contributed by atoms with van der Waals surface area (Å²) >= 11 is 0. The highest BCUT2D eigenvalue weighted by Gasteiger charge is 2.61. The van der Waals surface area contributed by atoms with E-state index in [2.05, 4.69) is 25.3 Å². The third-order valence-electron chi connectivity index (χ3n) is 7.58. The molecule has 0 radical (unpaired) electrons. The van der Waals surface area contributed by atoms with Gasteiger partial charge in [-0.15, -0.1) is 0 Å². The maximum atomic E-state index is 13.4. The molecule has 0 atom stereocenters. The molecule has 6 rings (SSSR count). The molecule has 0 unspecified atom stereocenters. The summed E-state index contributed by atoms with van der Waals surface area (Å²) in [5, 5.41) is 17.5. The van der Waals surface area contributed by atoms with Crippen LogP contribution >= 0.6 is 0 Å². The predicted molar refractivity (Wildman–Crippen MR) is 128 cm³/mol. The van der Waals surface area contributed by atoms with Crippen molar-refractivity contribution < 1.29 is 36.2 Å². The van der Waals surface area contributed by atoms with Gasteiger partial charge in [0, 0.05) is 51.1 Å². The second-order valence-electron chi connectivity index (χ2n) is 10.2. The third kappa shape index (κ3) is 4.76. The second kappa shape index (κ2) is 9.20. The molecule has 2 N–H and O–H groups in total. The van der Waals surface area contributed by atoms with E-state index in [0.717, 1.165) is 25.2 Å². The van der Waals surface area contributed by atoms with E-state index in [1.807, 2.05) is 4.90 Å². The van der Waals surface area contributed by atoms with Crippen molar-refractivity contribution >= 4 is 22.8 Å². The average Bonchev–Trinajstić information content (AvgIpc) is 3.26. The largest absolute Gasteiger partial charge is 0.417 e. The van der Waals surface area contributed by atoms with Crippen LogP contribution in [0.1, 0.15) is 18.4 Å². The standard InChI is InChI=1S/C24H25F6N7O2/c25-23(26,27)14-2-1-3-16(8-14)37-20-18(11-31-37)19(36-12-17(13-36)35-4-6-39-7-5-35)33-21(34-20)32-15-9-22(38,10-15)24(28,29)30/h1-3,8,11,15,17,38H,4-7,9-10,12-13H2,(H,32,33,34). The molecule has 2 saturated heterocycles. The SMILES string of the molecule is OC1(C(F)(F)F)CC(Nc2nc(N3CC(N4CCOCC4)C3)c3cnn(-c4cccc(C(F)(F)F)c4)c3n2)C1. The predicted octanol–water partition coefficient (Wildman–Crippen LogP) is 3.22. The van der Waals surface area contributed by atoms with E-state index in [0.29, 0.717) is 37.5 Å². The number of halogens is 6. The smallest absolute Gasteiger partial charge is 0.380 e.